The first kappa shape index (κ1) is 17.0. The highest BCUT2D eigenvalue weighted by Crippen LogP contribution is 2.19. The van der Waals surface area contributed by atoms with Crippen LogP contribution in [0.25, 0.3) is 0 Å². The summed E-state index contributed by atoms with van der Waals surface area (Å²) in [4.78, 5) is 0. The van der Waals surface area contributed by atoms with Crippen molar-refractivity contribution in [2.45, 2.75) is 64.6 Å². The number of ether oxygens (including phenoxy) is 1. The number of hydrogen-bond donors (Lipinski definition) is 1. The Morgan fingerprint density at radius 1 is 0.917 bits per heavy atom. The van der Waals surface area contributed by atoms with E-state index in [4.69, 9.17) is 4.74 Å². The van der Waals surface area contributed by atoms with Crippen LogP contribution in [0.5, 0.6) is 5.75 Å². The van der Waals surface area contributed by atoms with Gasteiger partial charge in [0.25, 0.3) is 0 Å². The number of hydrogen-bond acceptors (Lipinski definition) is 2. The third kappa shape index (κ3) is 5.38. The van der Waals surface area contributed by atoms with Crippen molar-refractivity contribution in [1.29, 1.82) is 0 Å². The van der Waals surface area contributed by atoms with Crippen LogP contribution in [0.3, 0.4) is 0 Å². The number of nitrogens with one attached hydrogen (secondary N) is 1. The molecule has 0 aliphatic heterocycles. The molecule has 1 saturated carbocycles. The van der Waals surface area contributed by atoms with Crippen LogP contribution < -0.4 is 10.1 Å². The third-order valence-electron chi connectivity index (χ3n) is 4.87. The minimum Gasteiger partial charge on any atom is -0.489 e. The maximum atomic E-state index is 5.96. The molecule has 0 amide bonds. The molecule has 0 heterocycles. The van der Waals surface area contributed by atoms with Crippen LogP contribution in [0.2, 0.25) is 0 Å². The first-order valence-corrected chi connectivity index (χ1v) is 9.30. The summed E-state index contributed by atoms with van der Waals surface area (Å²) < 4.78 is 5.96. The normalized spacial score (nSPS) is 15.9. The standard InChI is InChI=1S/C22H29NO/c1-18-11-13-19(14-12-18)17-24-22-10-6-7-20(15-22)16-23-21-8-4-2-3-5-9-21/h6-7,10-15,21,23H,2-5,8-9,16-17H2,1H3. The van der Waals surface area contributed by atoms with Crippen molar-refractivity contribution >= 4 is 0 Å². The fraction of sp³-hybridized carbons (Fsp3) is 0.455. The van der Waals surface area contributed by atoms with Gasteiger partial charge >= 0.3 is 0 Å². The summed E-state index contributed by atoms with van der Waals surface area (Å²) in [5.74, 6) is 0.954. The molecule has 0 atom stereocenters. The van der Waals surface area contributed by atoms with E-state index < -0.39 is 0 Å². The fourth-order valence-electron chi connectivity index (χ4n) is 3.34. The van der Waals surface area contributed by atoms with Crippen molar-refractivity contribution in [1.82, 2.24) is 5.32 Å². The van der Waals surface area contributed by atoms with E-state index >= 15 is 0 Å². The first-order valence-electron chi connectivity index (χ1n) is 9.30. The van der Waals surface area contributed by atoms with Gasteiger partial charge in [0.2, 0.25) is 0 Å². The second-order valence-corrected chi connectivity index (χ2v) is 6.99. The minimum atomic E-state index is 0.625. The molecular weight excluding hydrogens is 294 g/mol. The molecule has 0 radical (unpaired) electrons. The van der Waals surface area contributed by atoms with Crippen molar-refractivity contribution < 1.29 is 4.74 Å². The summed E-state index contributed by atoms with van der Waals surface area (Å²) in [5.41, 5.74) is 3.80. The van der Waals surface area contributed by atoms with Crippen molar-refractivity contribution in [2.24, 2.45) is 0 Å². The van der Waals surface area contributed by atoms with Gasteiger partial charge in [-0.1, -0.05) is 67.6 Å². The van der Waals surface area contributed by atoms with Gasteiger partial charge in [0.05, 0.1) is 0 Å². The van der Waals surface area contributed by atoms with E-state index in [1.165, 1.54) is 55.2 Å². The largest absolute Gasteiger partial charge is 0.489 e. The smallest absolute Gasteiger partial charge is 0.120 e. The summed E-state index contributed by atoms with van der Waals surface area (Å²) in [7, 11) is 0. The van der Waals surface area contributed by atoms with Crippen molar-refractivity contribution in [2.75, 3.05) is 0 Å². The molecule has 0 bridgehead atoms. The van der Waals surface area contributed by atoms with E-state index in [1.54, 1.807) is 0 Å². The maximum Gasteiger partial charge on any atom is 0.120 e. The van der Waals surface area contributed by atoms with Crippen LogP contribution in [0.15, 0.2) is 48.5 Å². The Morgan fingerprint density at radius 2 is 1.67 bits per heavy atom. The predicted molar refractivity (Wildman–Crippen MR) is 100 cm³/mol. The Hall–Kier alpha value is -1.80. The maximum absolute atomic E-state index is 5.96. The molecule has 0 aromatic heterocycles. The summed E-state index contributed by atoms with van der Waals surface area (Å²) in [5, 5.41) is 3.73. The molecule has 2 heteroatoms. The summed E-state index contributed by atoms with van der Waals surface area (Å²) >= 11 is 0. The molecule has 0 spiro atoms. The van der Waals surface area contributed by atoms with Crippen molar-refractivity contribution in [3.63, 3.8) is 0 Å². The molecule has 1 aliphatic carbocycles. The molecule has 24 heavy (non-hydrogen) atoms. The lowest BCUT2D eigenvalue weighted by Crippen LogP contribution is -2.27. The molecule has 1 aliphatic rings. The lowest BCUT2D eigenvalue weighted by atomic mass is 10.1. The van der Waals surface area contributed by atoms with Crippen LogP contribution in [0.4, 0.5) is 0 Å². The average Bonchev–Trinajstić information content (AvgIpc) is 2.89. The van der Waals surface area contributed by atoms with E-state index in [1.807, 2.05) is 6.07 Å². The molecule has 3 rings (SSSR count). The highest BCUT2D eigenvalue weighted by Gasteiger charge is 2.11. The Morgan fingerprint density at radius 3 is 2.42 bits per heavy atom. The Bertz CT molecular complexity index is 612. The van der Waals surface area contributed by atoms with Gasteiger partial charge in [0, 0.05) is 12.6 Å². The SMILES string of the molecule is Cc1ccc(COc2cccc(CNC3CCCCCC3)c2)cc1. The number of rotatable bonds is 6. The molecule has 1 N–H and O–H groups in total. The molecule has 2 nitrogen and oxygen atoms in total. The summed E-state index contributed by atoms with van der Waals surface area (Å²) in [6.07, 6.45) is 8.20. The Kier molecular flexibility index (Phi) is 6.31. The molecule has 128 valence electrons. The van der Waals surface area contributed by atoms with Gasteiger partial charge in [-0.25, -0.2) is 0 Å². The zero-order valence-electron chi connectivity index (χ0n) is 14.8. The van der Waals surface area contributed by atoms with Gasteiger partial charge in [0.1, 0.15) is 12.4 Å². The quantitative estimate of drug-likeness (QED) is 0.720. The highest BCUT2D eigenvalue weighted by molar-refractivity contribution is 5.29. The molecule has 2 aromatic carbocycles. The van der Waals surface area contributed by atoms with Gasteiger partial charge in [0.15, 0.2) is 0 Å². The minimum absolute atomic E-state index is 0.625. The molecular formula is C22H29NO. The van der Waals surface area contributed by atoms with E-state index in [-0.39, 0.29) is 0 Å². The van der Waals surface area contributed by atoms with Crippen LogP contribution in [-0.4, -0.2) is 6.04 Å². The number of benzene rings is 2. The summed E-state index contributed by atoms with van der Waals surface area (Å²) in [6, 6.07) is 17.7. The van der Waals surface area contributed by atoms with Crippen LogP contribution >= 0.6 is 0 Å². The van der Waals surface area contributed by atoms with Gasteiger partial charge in [-0.2, -0.15) is 0 Å². The summed E-state index contributed by atoms with van der Waals surface area (Å²) in [6.45, 7) is 3.67. The number of aryl methyl sites for hydroxylation is 1. The second-order valence-electron chi connectivity index (χ2n) is 6.99. The second kappa shape index (κ2) is 8.89. The van der Waals surface area contributed by atoms with Crippen LogP contribution in [0.1, 0.15) is 55.2 Å². The highest BCUT2D eigenvalue weighted by atomic mass is 16.5. The van der Waals surface area contributed by atoms with E-state index in [2.05, 4.69) is 54.7 Å². The average molecular weight is 323 g/mol. The van der Waals surface area contributed by atoms with E-state index in [0.29, 0.717) is 12.6 Å². The zero-order chi connectivity index (χ0) is 16.6. The topological polar surface area (TPSA) is 21.3 Å². The monoisotopic (exact) mass is 323 g/mol. The predicted octanol–water partition coefficient (Wildman–Crippen LogP) is 5.39. The zero-order valence-corrected chi connectivity index (χ0v) is 14.8. The Labute approximate surface area is 146 Å². The molecule has 2 aromatic rings. The Balaban J connectivity index is 1.50. The molecule has 1 fully saturated rings. The van der Waals surface area contributed by atoms with Gasteiger partial charge in [-0.3, -0.25) is 0 Å². The van der Waals surface area contributed by atoms with Gasteiger partial charge in [-0.05, 0) is 43.0 Å². The van der Waals surface area contributed by atoms with Crippen LogP contribution in [-0.2, 0) is 13.2 Å². The first-order chi connectivity index (χ1) is 11.8. The van der Waals surface area contributed by atoms with E-state index in [0.717, 1.165) is 12.3 Å². The molecule has 0 unspecified atom stereocenters. The third-order valence-corrected chi connectivity index (χ3v) is 4.87. The fourth-order valence-corrected chi connectivity index (χ4v) is 3.34. The van der Waals surface area contributed by atoms with Crippen molar-refractivity contribution in [3.8, 4) is 5.75 Å². The van der Waals surface area contributed by atoms with Gasteiger partial charge in [-0.15, -0.1) is 0 Å². The lowest BCUT2D eigenvalue weighted by molar-refractivity contribution is 0.305. The van der Waals surface area contributed by atoms with Gasteiger partial charge < -0.3 is 10.1 Å². The molecule has 0 saturated heterocycles. The van der Waals surface area contributed by atoms with E-state index in [9.17, 15) is 0 Å². The van der Waals surface area contributed by atoms with Crippen molar-refractivity contribution in [3.05, 3.63) is 65.2 Å². The van der Waals surface area contributed by atoms with Crippen LogP contribution in [0, 0.1) is 6.92 Å². The lowest BCUT2D eigenvalue weighted by Gasteiger charge is -2.16.